The molecule has 0 radical (unpaired) electrons. The zero-order valence-electron chi connectivity index (χ0n) is 13.2. The number of anilines is 1. The zero-order chi connectivity index (χ0) is 15.4. The Morgan fingerprint density at radius 2 is 1.90 bits per heavy atom. The van der Waals surface area contributed by atoms with E-state index in [0.29, 0.717) is 5.56 Å². The van der Waals surface area contributed by atoms with Crippen molar-refractivity contribution >= 4 is 5.69 Å². The van der Waals surface area contributed by atoms with Gasteiger partial charge in [0.25, 0.3) is 0 Å². The van der Waals surface area contributed by atoms with Crippen LogP contribution in [0.3, 0.4) is 0 Å². The van der Waals surface area contributed by atoms with Crippen molar-refractivity contribution in [2.45, 2.75) is 19.9 Å². The molecule has 0 bridgehead atoms. The highest BCUT2D eigenvalue weighted by Gasteiger charge is 2.17. The zero-order valence-corrected chi connectivity index (χ0v) is 13.2. The van der Waals surface area contributed by atoms with E-state index in [1.54, 1.807) is 12.1 Å². The van der Waals surface area contributed by atoms with Crippen LogP contribution in [0, 0.1) is 12.7 Å². The molecule has 3 heteroatoms. The molecule has 0 aliphatic heterocycles. The van der Waals surface area contributed by atoms with Crippen LogP contribution in [0.4, 0.5) is 10.1 Å². The molecule has 0 amide bonds. The van der Waals surface area contributed by atoms with Crippen molar-refractivity contribution in [3.8, 4) is 0 Å². The van der Waals surface area contributed by atoms with E-state index < -0.39 is 0 Å². The van der Waals surface area contributed by atoms with Crippen LogP contribution in [0.25, 0.3) is 0 Å². The predicted octanol–water partition coefficient (Wildman–Crippen LogP) is 3.90. The second-order valence-corrected chi connectivity index (χ2v) is 5.51. The molecule has 0 saturated heterocycles. The Bertz CT molecular complexity index is 608. The molecule has 2 rings (SSSR count). The van der Waals surface area contributed by atoms with Crippen LogP contribution >= 0.6 is 0 Å². The molecule has 2 aromatic carbocycles. The number of aryl methyl sites for hydroxylation is 1. The Morgan fingerprint density at radius 1 is 1.14 bits per heavy atom. The summed E-state index contributed by atoms with van der Waals surface area (Å²) in [6.07, 6.45) is 0. The summed E-state index contributed by atoms with van der Waals surface area (Å²) in [5, 5.41) is 3.39. The minimum absolute atomic E-state index is 0.130. The lowest BCUT2D eigenvalue weighted by Crippen LogP contribution is -2.23. The summed E-state index contributed by atoms with van der Waals surface area (Å²) in [6.45, 7) is 4.81. The third kappa shape index (κ3) is 3.61. The highest BCUT2D eigenvalue weighted by molar-refractivity contribution is 5.49. The van der Waals surface area contributed by atoms with Crippen molar-refractivity contribution in [1.82, 2.24) is 5.32 Å². The van der Waals surface area contributed by atoms with Crippen LogP contribution in [0.2, 0.25) is 0 Å². The van der Waals surface area contributed by atoms with Gasteiger partial charge in [-0.15, -0.1) is 0 Å². The molecule has 112 valence electrons. The van der Waals surface area contributed by atoms with Gasteiger partial charge < -0.3 is 10.2 Å². The van der Waals surface area contributed by atoms with Crippen LogP contribution in [-0.4, -0.2) is 20.6 Å². The highest BCUT2D eigenvalue weighted by Crippen LogP contribution is 2.27. The van der Waals surface area contributed by atoms with Gasteiger partial charge >= 0.3 is 0 Å². The maximum absolute atomic E-state index is 14.2. The first kappa shape index (κ1) is 15.5. The normalized spacial score (nSPS) is 12.2. The summed E-state index contributed by atoms with van der Waals surface area (Å²) >= 11 is 0. The minimum atomic E-state index is -0.165. The fourth-order valence-electron chi connectivity index (χ4n) is 2.48. The van der Waals surface area contributed by atoms with Crippen molar-refractivity contribution in [3.05, 3.63) is 65.0 Å². The molecule has 0 aliphatic carbocycles. The van der Waals surface area contributed by atoms with Crippen molar-refractivity contribution in [3.63, 3.8) is 0 Å². The molecule has 0 fully saturated rings. The first-order valence-corrected chi connectivity index (χ1v) is 7.29. The Labute approximate surface area is 126 Å². The summed E-state index contributed by atoms with van der Waals surface area (Å²) < 4.78 is 14.2. The van der Waals surface area contributed by atoms with E-state index in [1.807, 2.05) is 46.1 Å². The lowest BCUT2D eigenvalue weighted by molar-refractivity contribution is 0.558. The third-order valence-electron chi connectivity index (χ3n) is 3.59. The van der Waals surface area contributed by atoms with Gasteiger partial charge in [0.15, 0.2) is 0 Å². The van der Waals surface area contributed by atoms with E-state index in [2.05, 4.69) is 22.3 Å². The monoisotopic (exact) mass is 286 g/mol. The minimum Gasteiger partial charge on any atom is -0.378 e. The predicted molar refractivity (Wildman–Crippen MR) is 87.4 cm³/mol. The second kappa shape index (κ2) is 6.72. The number of hydrogen-bond donors (Lipinski definition) is 1. The largest absolute Gasteiger partial charge is 0.378 e. The van der Waals surface area contributed by atoms with Gasteiger partial charge in [0.1, 0.15) is 5.82 Å². The van der Waals surface area contributed by atoms with Gasteiger partial charge in [-0.2, -0.15) is 0 Å². The Morgan fingerprint density at radius 3 is 2.57 bits per heavy atom. The summed E-state index contributed by atoms with van der Waals surface area (Å²) in [7, 11) is 4.02. The fourth-order valence-corrected chi connectivity index (χ4v) is 2.48. The number of halogens is 1. The van der Waals surface area contributed by atoms with E-state index in [4.69, 9.17) is 0 Å². The molecule has 1 N–H and O–H groups in total. The van der Waals surface area contributed by atoms with Crippen molar-refractivity contribution in [1.29, 1.82) is 0 Å². The average Bonchev–Trinajstić information content (AvgIpc) is 2.47. The van der Waals surface area contributed by atoms with Crippen LogP contribution in [-0.2, 0) is 0 Å². The smallest absolute Gasteiger partial charge is 0.128 e. The topological polar surface area (TPSA) is 15.3 Å². The van der Waals surface area contributed by atoms with Gasteiger partial charge in [0.05, 0.1) is 6.04 Å². The quantitative estimate of drug-likeness (QED) is 0.897. The molecule has 0 saturated carbocycles. The first-order chi connectivity index (χ1) is 10.0. The summed E-state index contributed by atoms with van der Waals surface area (Å²) in [6, 6.07) is 13.4. The molecule has 1 unspecified atom stereocenters. The molecule has 2 aromatic rings. The van der Waals surface area contributed by atoms with Gasteiger partial charge in [0.2, 0.25) is 0 Å². The number of rotatable bonds is 5. The summed E-state index contributed by atoms with van der Waals surface area (Å²) in [5.41, 5.74) is 3.96. The van der Waals surface area contributed by atoms with Gasteiger partial charge in [-0.1, -0.05) is 36.8 Å². The van der Waals surface area contributed by atoms with Crippen molar-refractivity contribution in [2.75, 3.05) is 25.5 Å². The maximum atomic E-state index is 14.2. The summed E-state index contributed by atoms with van der Waals surface area (Å²) in [5.74, 6) is -0.165. The third-order valence-corrected chi connectivity index (χ3v) is 3.59. The van der Waals surface area contributed by atoms with E-state index in [9.17, 15) is 4.39 Å². The van der Waals surface area contributed by atoms with Crippen LogP contribution in [0.1, 0.15) is 29.7 Å². The van der Waals surface area contributed by atoms with Crippen molar-refractivity contribution in [2.24, 2.45) is 0 Å². The standard InChI is InChI=1S/C18H23FN2/c1-5-20-18(16-11-13(2)9-10-17(16)19)14-7-6-8-15(12-14)21(3)4/h6-12,18,20H,5H2,1-4H3. The number of benzene rings is 2. The van der Waals surface area contributed by atoms with Crippen LogP contribution in [0.15, 0.2) is 42.5 Å². The lowest BCUT2D eigenvalue weighted by Gasteiger charge is -2.22. The molecule has 1 atom stereocenters. The highest BCUT2D eigenvalue weighted by atomic mass is 19.1. The van der Waals surface area contributed by atoms with E-state index in [-0.39, 0.29) is 11.9 Å². The summed E-state index contributed by atoms with van der Waals surface area (Å²) in [4.78, 5) is 2.05. The van der Waals surface area contributed by atoms with E-state index in [1.165, 1.54) is 0 Å². The average molecular weight is 286 g/mol. The van der Waals surface area contributed by atoms with E-state index >= 15 is 0 Å². The number of hydrogen-bond acceptors (Lipinski definition) is 2. The van der Waals surface area contributed by atoms with Crippen LogP contribution < -0.4 is 10.2 Å². The van der Waals surface area contributed by atoms with Gasteiger partial charge in [-0.25, -0.2) is 4.39 Å². The second-order valence-electron chi connectivity index (χ2n) is 5.51. The molecule has 0 aromatic heterocycles. The molecule has 0 spiro atoms. The lowest BCUT2D eigenvalue weighted by atomic mass is 9.96. The SMILES string of the molecule is CCNC(c1cccc(N(C)C)c1)c1cc(C)ccc1F. The van der Waals surface area contributed by atoms with Gasteiger partial charge in [-0.3, -0.25) is 0 Å². The molecule has 0 aliphatic rings. The van der Waals surface area contributed by atoms with E-state index in [0.717, 1.165) is 23.4 Å². The Kier molecular flexibility index (Phi) is 4.97. The van der Waals surface area contributed by atoms with Crippen molar-refractivity contribution < 1.29 is 4.39 Å². The Hall–Kier alpha value is -1.87. The Balaban J connectivity index is 2.48. The molecule has 21 heavy (non-hydrogen) atoms. The maximum Gasteiger partial charge on any atom is 0.128 e. The first-order valence-electron chi connectivity index (χ1n) is 7.29. The number of nitrogens with one attached hydrogen (secondary N) is 1. The number of nitrogens with zero attached hydrogens (tertiary/aromatic N) is 1. The molecule has 0 heterocycles. The van der Waals surface area contributed by atoms with Gasteiger partial charge in [-0.05, 0) is 37.2 Å². The van der Waals surface area contributed by atoms with Gasteiger partial charge in [0, 0.05) is 25.3 Å². The molecular formula is C18H23FN2. The molecular weight excluding hydrogens is 263 g/mol. The fraction of sp³-hybridized carbons (Fsp3) is 0.333. The molecule has 2 nitrogen and oxygen atoms in total. The van der Waals surface area contributed by atoms with Crippen LogP contribution in [0.5, 0.6) is 0 Å².